The van der Waals surface area contributed by atoms with Gasteiger partial charge in [-0.15, -0.1) is 0 Å². The van der Waals surface area contributed by atoms with Crippen molar-refractivity contribution in [2.24, 2.45) is 0 Å². The first-order valence-electron chi connectivity index (χ1n) is 3.59. The number of nitrogens with zero attached hydrogens (tertiary/aromatic N) is 2. The SMILES string of the molecule is O=S(O)c1ccc2cnncc2c1. The Hall–Kier alpha value is -1.33. The number of fused-ring (bicyclic) bond motifs is 1. The molecule has 2 rings (SSSR count). The van der Waals surface area contributed by atoms with E-state index in [1.54, 1.807) is 30.6 Å². The molecule has 0 aliphatic carbocycles. The van der Waals surface area contributed by atoms with Gasteiger partial charge in [-0.25, -0.2) is 4.21 Å². The van der Waals surface area contributed by atoms with Gasteiger partial charge in [0, 0.05) is 10.8 Å². The van der Waals surface area contributed by atoms with Crippen molar-refractivity contribution in [2.45, 2.75) is 4.90 Å². The van der Waals surface area contributed by atoms with Gasteiger partial charge in [0.1, 0.15) is 0 Å². The lowest BCUT2D eigenvalue weighted by Gasteiger charge is -1.97. The lowest BCUT2D eigenvalue weighted by Crippen LogP contribution is -1.88. The van der Waals surface area contributed by atoms with Crippen LogP contribution in [0.15, 0.2) is 35.5 Å². The third-order valence-electron chi connectivity index (χ3n) is 1.72. The highest BCUT2D eigenvalue weighted by atomic mass is 32.2. The maximum atomic E-state index is 10.7. The maximum Gasteiger partial charge on any atom is 0.186 e. The first kappa shape index (κ1) is 8.28. The zero-order valence-electron chi connectivity index (χ0n) is 6.54. The molecule has 4 nitrogen and oxygen atoms in total. The average Bonchev–Trinajstić information content (AvgIpc) is 2.17. The Morgan fingerprint density at radius 1 is 1.15 bits per heavy atom. The molecule has 1 N–H and O–H groups in total. The molecule has 2 aromatic rings. The van der Waals surface area contributed by atoms with Gasteiger partial charge in [-0.1, -0.05) is 6.07 Å². The molecule has 1 atom stereocenters. The maximum absolute atomic E-state index is 10.7. The minimum absolute atomic E-state index is 0.375. The van der Waals surface area contributed by atoms with Crippen LogP contribution in [0, 0.1) is 0 Å². The monoisotopic (exact) mass is 194 g/mol. The normalized spacial score (nSPS) is 13.0. The lowest BCUT2D eigenvalue weighted by molar-refractivity contribution is 0.564. The summed E-state index contributed by atoms with van der Waals surface area (Å²) < 4.78 is 19.5. The van der Waals surface area contributed by atoms with Crippen molar-refractivity contribution in [3.8, 4) is 0 Å². The molecule has 0 fully saturated rings. The van der Waals surface area contributed by atoms with Gasteiger partial charge < -0.3 is 4.55 Å². The number of aromatic nitrogens is 2. The van der Waals surface area contributed by atoms with E-state index in [-0.39, 0.29) is 0 Å². The molecule has 0 amide bonds. The zero-order chi connectivity index (χ0) is 9.26. The quantitative estimate of drug-likeness (QED) is 0.693. The molecular weight excluding hydrogens is 188 g/mol. The summed E-state index contributed by atoms with van der Waals surface area (Å²) in [5, 5.41) is 9.10. The highest BCUT2D eigenvalue weighted by Crippen LogP contribution is 2.15. The van der Waals surface area contributed by atoms with E-state index in [9.17, 15) is 4.21 Å². The second-order valence-electron chi connectivity index (χ2n) is 2.53. The van der Waals surface area contributed by atoms with Gasteiger partial charge in [-0.3, -0.25) is 0 Å². The Labute approximate surface area is 76.9 Å². The number of rotatable bonds is 1. The van der Waals surface area contributed by atoms with Crippen molar-refractivity contribution >= 4 is 21.9 Å². The first-order valence-corrected chi connectivity index (χ1v) is 4.69. The fraction of sp³-hybridized carbons (Fsp3) is 0. The molecule has 0 saturated heterocycles. The van der Waals surface area contributed by atoms with E-state index < -0.39 is 11.1 Å². The average molecular weight is 194 g/mol. The van der Waals surface area contributed by atoms with E-state index in [0.29, 0.717) is 4.90 Å². The molecule has 1 aromatic heterocycles. The summed E-state index contributed by atoms with van der Waals surface area (Å²) in [6, 6.07) is 4.97. The lowest BCUT2D eigenvalue weighted by atomic mass is 10.2. The number of hydrogen-bond donors (Lipinski definition) is 1. The summed E-state index contributed by atoms with van der Waals surface area (Å²) in [5.41, 5.74) is 0. The summed E-state index contributed by atoms with van der Waals surface area (Å²) >= 11 is -1.93. The van der Waals surface area contributed by atoms with E-state index >= 15 is 0 Å². The molecule has 5 heteroatoms. The fourth-order valence-electron chi connectivity index (χ4n) is 1.08. The van der Waals surface area contributed by atoms with Crippen LogP contribution >= 0.6 is 0 Å². The van der Waals surface area contributed by atoms with E-state index in [1.165, 1.54) is 0 Å². The summed E-state index contributed by atoms with van der Waals surface area (Å²) in [7, 11) is 0. The van der Waals surface area contributed by atoms with E-state index in [4.69, 9.17) is 4.55 Å². The van der Waals surface area contributed by atoms with Crippen LogP contribution in [0.3, 0.4) is 0 Å². The standard InChI is InChI=1S/C8H6N2O2S/c11-13(12)8-2-1-6-4-9-10-5-7(6)3-8/h1-5H,(H,11,12). The molecule has 0 spiro atoms. The van der Waals surface area contributed by atoms with Crippen LogP contribution in [-0.2, 0) is 11.1 Å². The van der Waals surface area contributed by atoms with Crippen molar-refractivity contribution in [2.75, 3.05) is 0 Å². The molecule has 0 saturated carbocycles. The molecule has 13 heavy (non-hydrogen) atoms. The fourth-order valence-corrected chi connectivity index (χ4v) is 1.49. The molecule has 0 aliphatic heterocycles. The van der Waals surface area contributed by atoms with Crippen LogP contribution < -0.4 is 0 Å². The van der Waals surface area contributed by atoms with Crippen LogP contribution in [-0.4, -0.2) is 19.0 Å². The highest BCUT2D eigenvalue weighted by molar-refractivity contribution is 7.79. The topological polar surface area (TPSA) is 63.1 Å². The van der Waals surface area contributed by atoms with Crippen molar-refractivity contribution < 1.29 is 8.76 Å². The minimum Gasteiger partial charge on any atom is -0.302 e. The van der Waals surface area contributed by atoms with Crippen LogP contribution in [0.1, 0.15) is 0 Å². The Morgan fingerprint density at radius 3 is 2.54 bits per heavy atom. The summed E-state index contributed by atoms with van der Waals surface area (Å²) in [6.45, 7) is 0. The van der Waals surface area contributed by atoms with Gasteiger partial charge >= 0.3 is 0 Å². The molecule has 0 aliphatic rings. The van der Waals surface area contributed by atoms with Crippen molar-refractivity contribution in [3.63, 3.8) is 0 Å². The van der Waals surface area contributed by atoms with E-state index in [2.05, 4.69) is 10.2 Å². The third kappa shape index (κ3) is 1.56. The van der Waals surface area contributed by atoms with Crippen LogP contribution in [0.2, 0.25) is 0 Å². The van der Waals surface area contributed by atoms with Crippen LogP contribution in [0.5, 0.6) is 0 Å². The van der Waals surface area contributed by atoms with Gasteiger partial charge in [0.05, 0.1) is 17.3 Å². The van der Waals surface area contributed by atoms with Crippen molar-refractivity contribution in [3.05, 3.63) is 30.6 Å². The zero-order valence-corrected chi connectivity index (χ0v) is 7.36. The molecular formula is C8H6N2O2S. The Bertz CT molecular complexity index is 472. The smallest absolute Gasteiger partial charge is 0.186 e. The van der Waals surface area contributed by atoms with Gasteiger partial charge in [0.25, 0.3) is 0 Å². The van der Waals surface area contributed by atoms with Crippen molar-refractivity contribution in [1.29, 1.82) is 0 Å². The third-order valence-corrected chi connectivity index (χ3v) is 2.38. The molecule has 66 valence electrons. The predicted molar refractivity (Wildman–Crippen MR) is 48.6 cm³/mol. The summed E-state index contributed by atoms with van der Waals surface area (Å²) in [5.74, 6) is 0. The highest BCUT2D eigenvalue weighted by Gasteiger charge is 2.00. The van der Waals surface area contributed by atoms with Gasteiger partial charge in [-0.05, 0) is 12.1 Å². The number of hydrogen-bond acceptors (Lipinski definition) is 3. The Kier molecular flexibility index (Phi) is 2.03. The van der Waals surface area contributed by atoms with Gasteiger partial charge in [0.2, 0.25) is 0 Å². The summed E-state index contributed by atoms with van der Waals surface area (Å²) in [4.78, 5) is 0.375. The number of benzene rings is 1. The summed E-state index contributed by atoms with van der Waals surface area (Å²) in [6.07, 6.45) is 3.17. The van der Waals surface area contributed by atoms with Gasteiger partial charge in [0.15, 0.2) is 11.1 Å². The van der Waals surface area contributed by atoms with Crippen LogP contribution in [0.4, 0.5) is 0 Å². The van der Waals surface area contributed by atoms with E-state index in [1.807, 2.05) is 0 Å². The van der Waals surface area contributed by atoms with Gasteiger partial charge in [-0.2, -0.15) is 10.2 Å². The molecule has 1 aromatic carbocycles. The van der Waals surface area contributed by atoms with Crippen molar-refractivity contribution in [1.82, 2.24) is 10.2 Å². The first-order chi connectivity index (χ1) is 6.27. The molecule has 1 unspecified atom stereocenters. The van der Waals surface area contributed by atoms with Crippen LogP contribution in [0.25, 0.3) is 10.8 Å². The van der Waals surface area contributed by atoms with E-state index in [0.717, 1.165) is 10.8 Å². The second-order valence-corrected chi connectivity index (χ2v) is 3.50. The second kappa shape index (κ2) is 3.20. The largest absolute Gasteiger partial charge is 0.302 e. The molecule has 1 heterocycles. The Morgan fingerprint density at radius 2 is 1.85 bits per heavy atom. The molecule has 0 bridgehead atoms. The molecule has 0 radical (unpaired) electrons. The minimum atomic E-state index is -1.93. The Balaban J connectivity index is 2.69. The predicted octanol–water partition coefficient (Wildman–Crippen LogP) is 1.21.